The van der Waals surface area contributed by atoms with Gasteiger partial charge in [-0.3, -0.25) is 4.79 Å². The SMILES string of the molecule is CCCC(O)CNC(=O)C(C)(N)CCC.Cl. The van der Waals surface area contributed by atoms with Crippen LogP contribution in [0.15, 0.2) is 0 Å². The molecule has 0 saturated heterocycles. The lowest BCUT2D eigenvalue weighted by Gasteiger charge is -2.23. The third-order valence-electron chi connectivity index (χ3n) is 2.41. The normalized spacial score (nSPS) is 15.8. The molecule has 1 amide bonds. The second-order valence-electron chi connectivity index (χ2n) is 4.32. The molecule has 0 bridgehead atoms. The number of aliphatic hydroxyl groups is 1. The maximum absolute atomic E-state index is 11.6. The molecule has 98 valence electrons. The van der Waals surface area contributed by atoms with Crippen molar-refractivity contribution in [3.8, 4) is 0 Å². The van der Waals surface area contributed by atoms with E-state index in [1.807, 2.05) is 13.8 Å². The van der Waals surface area contributed by atoms with Gasteiger partial charge in [-0.05, 0) is 19.8 Å². The molecular formula is C11H25ClN2O2. The van der Waals surface area contributed by atoms with Crippen molar-refractivity contribution in [3.05, 3.63) is 0 Å². The van der Waals surface area contributed by atoms with E-state index < -0.39 is 11.6 Å². The van der Waals surface area contributed by atoms with Crippen LogP contribution in [0.5, 0.6) is 0 Å². The molecule has 0 aliphatic heterocycles. The first-order valence-corrected chi connectivity index (χ1v) is 5.69. The van der Waals surface area contributed by atoms with Crippen LogP contribution in [0, 0.1) is 0 Å². The van der Waals surface area contributed by atoms with E-state index in [4.69, 9.17) is 5.73 Å². The first-order chi connectivity index (χ1) is 6.94. The molecule has 5 heteroatoms. The number of nitrogens with one attached hydrogen (secondary N) is 1. The number of hydrogen-bond acceptors (Lipinski definition) is 3. The van der Waals surface area contributed by atoms with Gasteiger partial charge in [-0.15, -0.1) is 12.4 Å². The number of amides is 1. The van der Waals surface area contributed by atoms with Crippen LogP contribution in [-0.2, 0) is 4.79 Å². The molecule has 16 heavy (non-hydrogen) atoms. The molecule has 0 saturated carbocycles. The minimum atomic E-state index is -0.819. The molecule has 0 spiro atoms. The van der Waals surface area contributed by atoms with Gasteiger partial charge in [-0.25, -0.2) is 0 Å². The molecule has 0 aliphatic rings. The van der Waals surface area contributed by atoms with Crippen LogP contribution in [-0.4, -0.2) is 29.2 Å². The quantitative estimate of drug-likeness (QED) is 0.637. The largest absolute Gasteiger partial charge is 0.391 e. The highest BCUT2D eigenvalue weighted by Gasteiger charge is 2.26. The summed E-state index contributed by atoms with van der Waals surface area (Å²) < 4.78 is 0. The van der Waals surface area contributed by atoms with Gasteiger partial charge >= 0.3 is 0 Å². The predicted molar refractivity (Wildman–Crippen MR) is 68.7 cm³/mol. The molecule has 0 rings (SSSR count). The zero-order valence-electron chi connectivity index (χ0n) is 10.5. The molecule has 4 N–H and O–H groups in total. The van der Waals surface area contributed by atoms with E-state index >= 15 is 0 Å². The molecule has 2 unspecified atom stereocenters. The van der Waals surface area contributed by atoms with Crippen LogP contribution in [0.4, 0.5) is 0 Å². The van der Waals surface area contributed by atoms with Gasteiger partial charge in [0.25, 0.3) is 0 Å². The summed E-state index contributed by atoms with van der Waals surface area (Å²) in [7, 11) is 0. The third-order valence-corrected chi connectivity index (χ3v) is 2.41. The number of carbonyl (C=O) groups is 1. The van der Waals surface area contributed by atoms with E-state index in [-0.39, 0.29) is 18.3 Å². The lowest BCUT2D eigenvalue weighted by Crippen LogP contribution is -2.52. The zero-order valence-corrected chi connectivity index (χ0v) is 11.3. The molecule has 0 aliphatic carbocycles. The number of carbonyl (C=O) groups excluding carboxylic acids is 1. The number of aliphatic hydroxyl groups excluding tert-OH is 1. The predicted octanol–water partition coefficient (Wildman–Crippen LogP) is 1.20. The Morgan fingerprint density at radius 3 is 2.44 bits per heavy atom. The van der Waals surface area contributed by atoms with Gasteiger partial charge in [0.2, 0.25) is 5.91 Å². The maximum Gasteiger partial charge on any atom is 0.239 e. The molecule has 0 radical (unpaired) electrons. The summed E-state index contributed by atoms with van der Waals surface area (Å²) in [6.45, 7) is 6.00. The van der Waals surface area contributed by atoms with Crippen LogP contribution in [0.2, 0.25) is 0 Å². The third kappa shape index (κ3) is 7.04. The van der Waals surface area contributed by atoms with E-state index in [0.29, 0.717) is 19.4 Å². The van der Waals surface area contributed by atoms with Crippen LogP contribution in [0.1, 0.15) is 46.5 Å². The Morgan fingerprint density at radius 2 is 2.00 bits per heavy atom. The van der Waals surface area contributed by atoms with E-state index in [1.165, 1.54) is 0 Å². The van der Waals surface area contributed by atoms with Gasteiger partial charge in [0, 0.05) is 6.54 Å². The summed E-state index contributed by atoms with van der Waals surface area (Å²) in [5.41, 5.74) is 5.02. The minimum Gasteiger partial charge on any atom is -0.391 e. The summed E-state index contributed by atoms with van der Waals surface area (Å²) in [5, 5.41) is 12.1. The lowest BCUT2D eigenvalue weighted by molar-refractivity contribution is -0.126. The molecule has 0 fully saturated rings. The maximum atomic E-state index is 11.6. The molecular weight excluding hydrogens is 228 g/mol. The smallest absolute Gasteiger partial charge is 0.239 e. The Morgan fingerprint density at radius 1 is 1.44 bits per heavy atom. The van der Waals surface area contributed by atoms with E-state index in [2.05, 4.69) is 5.32 Å². The summed E-state index contributed by atoms with van der Waals surface area (Å²) in [6.07, 6.45) is 2.68. The number of hydrogen-bond donors (Lipinski definition) is 3. The van der Waals surface area contributed by atoms with Crippen molar-refractivity contribution in [1.29, 1.82) is 0 Å². The van der Waals surface area contributed by atoms with Crippen molar-refractivity contribution < 1.29 is 9.90 Å². The summed E-state index contributed by atoms with van der Waals surface area (Å²) >= 11 is 0. The van der Waals surface area contributed by atoms with Gasteiger partial charge in [0.15, 0.2) is 0 Å². The molecule has 0 aromatic carbocycles. The number of rotatable bonds is 7. The van der Waals surface area contributed by atoms with Gasteiger partial charge < -0.3 is 16.2 Å². The van der Waals surface area contributed by atoms with Crippen LogP contribution >= 0.6 is 12.4 Å². The van der Waals surface area contributed by atoms with Gasteiger partial charge in [0.05, 0.1) is 11.6 Å². The highest BCUT2D eigenvalue weighted by atomic mass is 35.5. The Kier molecular flexibility index (Phi) is 9.92. The van der Waals surface area contributed by atoms with Crippen LogP contribution < -0.4 is 11.1 Å². The van der Waals surface area contributed by atoms with Crippen molar-refractivity contribution in [2.45, 2.75) is 58.1 Å². The summed E-state index contributed by atoms with van der Waals surface area (Å²) in [6, 6.07) is 0. The lowest BCUT2D eigenvalue weighted by atomic mass is 9.96. The van der Waals surface area contributed by atoms with Crippen molar-refractivity contribution in [1.82, 2.24) is 5.32 Å². The summed E-state index contributed by atoms with van der Waals surface area (Å²) in [5.74, 6) is -0.181. The fourth-order valence-electron chi connectivity index (χ4n) is 1.48. The highest BCUT2D eigenvalue weighted by molar-refractivity contribution is 5.85. The van der Waals surface area contributed by atoms with E-state index in [9.17, 15) is 9.90 Å². The Hall–Kier alpha value is -0.320. The van der Waals surface area contributed by atoms with Crippen molar-refractivity contribution in [2.24, 2.45) is 5.73 Å². The fourth-order valence-corrected chi connectivity index (χ4v) is 1.48. The second kappa shape index (κ2) is 8.79. The van der Waals surface area contributed by atoms with Crippen LogP contribution in [0.3, 0.4) is 0 Å². The monoisotopic (exact) mass is 252 g/mol. The average Bonchev–Trinajstić information content (AvgIpc) is 2.14. The molecule has 4 nitrogen and oxygen atoms in total. The highest BCUT2D eigenvalue weighted by Crippen LogP contribution is 2.08. The van der Waals surface area contributed by atoms with Crippen LogP contribution in [0.25, 0.3) is 0 Å². The molecule has 0 aromatic heterocycles. The van der Waals surface area contributed by atoms with Gasteiger partial charge in [-0.2, -0.15) is 0 Å². The van der Waals surface area contributed by atoms with E-state index in [1.54, 1.807) is 6.92 Å². The zero-order chi connectivity index (χ0) is 11.9. The standard InChI is InChI=1S/C11H24N2O2.ClH/c1-4-6-9(14)8-13-10(15)11(3,12)7-5-2;/h9,14H,4-8,12H2,1-3H3,(H,13,15);1H. The molecule has 0 aromatic rings. The minimum absolute atomic E-state index is 0. The fraction of sp³-hybridized carbons (Fsp3) is 0.909. The van der Waals surface area contributed by atoms with Crippen molar-refractivity contribution in [3.63, 3.8) is 0 Å². The average molecular weight is 253 g/mol. The number of nitrogens with two attached hydrogens (primary N) is 1. The van der Waals surface area contributed by atoms with E-state index in [0.717, 1.165) is 12.8 Å². The van der Waals surface area contributed by atoms with Gasteiger partial charge in [-0.1, -0.05) is 26.7 Å². The van der Waals surface area contributed by atoms with Gasteiger partial charge in [0.1, 0.15) is 0 Å². The topological polar surface area (TPSA) is 75.3 Å². The first kappa shape index (κ1) is 18.1. The van der Waals surface area contributed by atoms with Crippen molar-refractivity contribution in [2.75, 3.05) is 6.54 Å². The second-order valence-corrected chi connectivity index (χ2v) is 4.32. The number of halogens is 1. The Balaban J connectivity index is 0. The molecule has 0 heterocycles. The summed E-state index contributed by atoms with van der Waals surface area (Å²) in [4.78, 5) is 11.6. The Bertz CT molecular complexity index is 198. The Labute approximate surface area is 104 Å². The molecule has 2 atom stereocenters. The first-order valence-electron chi connectivity index (χ1n) is 5.69. The van der Waals surface area contributed by atoms with Crippen molar-refractivity contribution >= 4 is 18.3 Å².